The molecule has 4 rings (SSSR count). The summed E-state index contributed by atoms with van der Waals surface area (Å²) in [6.07, 6.45) is 3.55. The lowest BCUT2D eigenvalue weighted by atomic mass is 10.2. The van der Waals surface area contributed by atoms with Crippen LogP contribution in [0, 0.1) is 0 Å². The smallest absolute Gasteiger partial charge is 0.163 e. The number of benzene rings is 1. The minimum atomic E-state index is 0.726. The lowest BCUT2D eigenvalue weighted by Gasteiger charge is -2.33. The summed E-state index contributed by atoms with van der Waals surface area (Å²) in [4.78, 5) is 13.7. The molecule has 0 unspecified atom stereocenters. The third-order valence-corrected chi connectivity index (χ3v) is 4.39. The number of nitrogens with zero attached hydrogens (tertiary/aromatic N) is 6. The molecule has 23 heavy (non-hydrogen) atoms. The van der Waals surface area contributed by atoms with Crippen molar-refractivity contribution in [1.82, 2.24) is 24.6 Å². The molecule has 0 N–H and O–H groups in total. The van der Waals surface area contributed by atoms with Crippen molar-refractivity contribution in [2.45, 2.75) is 6.54 Å². The number of hydrogen-bond donors (Lipinski definition) is 0. The molecule has 1 aliphatic rings. The third kappa shape index (κ3) is 2.77. The average Bonchev–Trinajstić information content (AvgIpc) is 3.00. The van der Waals surface area contributed by atoms with Gasteiger partial charge in [0.2, 0.25) is 0 Å². The summed E-state index contributed by atoms with van der Waals surface area (Å²) < 4.78 is 1.95. The SMILES string of the molecule is CN1CCN(c2ncnc3c2cnn3Cc2ccccc2)CC1. The van der Waals surface area contributed by atoms with E-state index in [-0.39, 0.29) is 0 Å². The Hall–Kier alpha value is -2.47. The quantitative estimate of drug-likeness (QED) is 0.736. The van der Waals surface area contributed by atoms with Gasteiger partial charge in [-0.05, 0) is 12.6 Å². The molecule has 6 heteroatoms. The van der Waals surface area contributed by atoms with Crippen molar-refractivity contribution in [3.8, 4) is 0 Å². The molecule has 0 bridgehead atoms. The fraction of sp³-hybridized carbons (Fsp3) is 0.353. The normalized spacial score (nSPS) is 16.1. The van der Waals surface area contributed by atoms with E-state index in [4.69, 9.17) is 0 Å². The molecular formula is C17H20N6. The Labute approximate surface area is 135 Å². The second-order valence-corrected chi connectivity index (χ2v) is 6.01. The summed E-state index contributed by atoms with van der Waals surface area (Å²) in [6.45, 7) is 4.83. The topological polar surface area (TPSA) is 50.1 Å². The van der Waals surface area contributed by atoms with Crippen LogP contribution >= 0.6 is 0 Å². The summed E-state index contributed by atoms with van der Waals surface area (Å²) in [7, 11) is 2.16. The minimum Gasteiger partial charge on any atom is -0.353 e. The van der Waals surface area contributed by atoms with Gasteiger partial charge in [0.25, 0.3) is 0 Å². The fourth-order valence-electron chi connectivity index (χ4n) is 3.02. The molecule has 1 fully saturated rings. The number of piperazine rings is 1. The molecule has 1 aromatic carbocycles. The first-order valence-electron chi connectivity index (χ1n) is 7.95. The van der Waals surface area contributed by atoms with E-state index >= 15 is 0 Å². The van der Waals surface area contributed by atoms with Crippen LogP contribution in [0.1, 0.15) is 5.56 Å². The Morgan fingerprint density at radius 2 is 1.78 bits per heavy atom. The Morgan fingerprint density at radius 3 is 2.57 bits per heavy atom. The zero-order valence-electron chi connectivity index (χ0n) is 13.3. The number of likely N-dealkylation sites (N-methyl/N-ethyl adjacent to an activating group) is 1. The number of rotatable bonds is 3. The van der Waals surface area contributed by atoms with Crippen molar-refractivity contribution in [2.75, 3.05) is 38.1 Å². The van der Waals surface area contributed by atoms with Crippen molar-refractivity contribution in [2.24, 2.45) is 0 Å². The average molecular weight is 308 g/mol. The molecule has 2 aromatic heterocycles. The van der Waals surface area contributed by atoms with Gasteiger partial charge in [-0.3, -0.25) is 0 Å². The van der Waals surface area contributed by atoms with Crippen LogP contribution in [0.25, 0.3) is 11.0 Å². The van der Waals surface area contributed by atoms with Crippen molar-refractivity contribution in [3.63, 3.8) is 0 Å². The monoisotopic (exact) mass is 308 g/mol. The molecule has 0 amide bonds. The van der Waals surface area contributed by atoms with Crippen molar-refractivity contribution >= 4 is 16.9 Å². The fourth-order valence-corrected chi connectivity index (χ4v) is 3.02. The molecule has 1 aliphatic heterocycles. The Bertz CT molecular complexity index is 789. The van der Waals surface area contributed by atoms with Gasteiger partial charge >= 0.3 is 0 Å². The van der Waals surface area contributed by atoms with Crippen LogP contribution in [0.3, 0.4) is 0 Å². The first kappa shape index (κ1) is 14.1. The van der Waals surface area contributed by atoms with Crippen LogP contribution in [0.5, 0.6) is 0 Å². The number of aromatic nitrogens is 4. The highest BCUT2D eigenvalue weighted by Crippen LogP contribution is 2.23. The van der Waals surface area contributed by atoms with Gasteiger partial charge in [0.15, 0.2) is 5.65 Å². The van der Waals surface area contributed by atoms with Crippen molar-refractivity contribution in [3.05, 3.63) is 48.4 Å². The Balaban J connectivity index is 1.66. The predicted molar refractivity (Wildman–Crippen MR) is 90.6 cm³/mol. The maximum Gasteiger partial charge on any atom is 0.163 e. The van der Waals surface area contributed by atoms with Gasteiger partial charge in [-0.2, -0.15) is 5.10 Å². The van der Waals surface area contributed by atoms with Gasteiger partial charge in [-0.1, -0.05) is 30.3 Å². The lowest BCUT2D eigenvalue weighted by molar-refractivity contribution is 0.312. The van der Waals surface area contributed by atoms with Crippen molar-refractivity contribution < 1.29 is 0 Å². The van der Waals surface area contributed by atoms with E-state index in [1.165, 1.54) is 5.56 Å². The van der Waals surface area contributed by atoms with E-state index in [0.717, 1.165) is 49.6 Å². The zero-order valence-corrected chi connectivity index (χ0v) is 13.3. The highest BCUT2D eigenvalue weighted by molar-refractivity contribution is 5.86. The molecule has 0 radical (unpaired) electrons. The van der Waals surface area contributed by atoms with Crippen LogP contribution in [0.2, 0.25) is 0 Å². The first-order valence-corrected chi connectivity index (χ1v) is 7.95. The second kappa shape index (κ2) is 5.96. The van der Waals surface area contributed by atoms with Gasteiger partial charge in [0, 0.05) is 26.2 Å². The highest BCUT2D eigenvalue weighted by atomic mass is 15.3. The second-order valence-electron chi connectivity index (χ2n) is 6.01. The summed E-state index contributed by atoms with van der Waals surface area (Å²) in [5, 5.41) is 5.57. The van der Waals surface area contributed by atoms with Gasteiger partial charge in [-0.15, -0.1) is 0 Å². The van der Waals surface area contributed by atoms with Crippen LogP contribution in [0.15, 0.2) is 42.9 Å². The molecule has 0 aliphatic carbocycles. The van der Waals surface area contributed by atoms with E-state index in [9.17, 15) is 0 Å². The summed E-state index contributed by atoms with van der Waals surface area (Å²) in [5.74, 6) is 1.00. The number of anilines is 1. The van der Waals surface area contributed by atoms with Gasteiger partial charge in [0.05, 0.1) is 18.1 Å². The van der Waals surface area contributed by atoms with E-state index in [0.29, 0.717) is 0 Å². The predicted octanol–water partition coefficient (Wildman–Crippen LogP) is 1.63. The Kier molecular flexibility index (Phi) is 3.67. The van der Waals surface area contributed by atoms with Gasteiger partial charge < -0.3 is 9.80 Å². The van der Waals surface area contributed by atoms with Crippen LogP contribution in [-0.2, 0) is 6.54 Å². The standard InChI is InChI=1S/C17H20N6/c1-21-7-9-22(10-8-21)16-15-11-20-23(17(15)19-13-18-16)12-14-5-3-2-4-6-14/h2-6,11,13H,7-10,12H2,1H3. The van der Waals surface area contributed by atoms with E-state index < -0.39 is 0 Å². The highest BCUT2D eigenvalue weighted by Gasteiger charge is 2.19. The largest absolute Gasteiger partial charge is 0.353 e. The molecule has 0 saturated carbocycles. The van der Waals surface area contributed by atoms with E-state index in [2.05, 4.69) is 44.0 Å². The summed E-state index contributed by atoms with van der Waals surface area (Å²) >= 11 is 0. The molecule has 118 valence electrons. The van der Waals surface area contributed by atoms with E-state index in [1.54, 1.807) is 6.33 Å². The summed E-state index contributed by atoms with van der Waals surface area (Å²) in [5.41, 5.74) is 2.12. The Morgan fingerprint density at radius 1 is 1.00 bits per heavy atom. The lowest BCUT2D eigenvalue weighted by Crippen LogP contribution is -2.44. The molecule has 3 heterocycles. The minimum absolute atomic E-state index is 0.726. The molecule has 0 atom stereocenters. The van der Waals surface area contributed by atoms with E-state index in [1.807, 2.05) is 29.1 Å². The first-order chi connectivity index (χ1) is 11.3. The van der Waals surface area contributed by atoms with Crippen LogP contribution < -0.4 is 4.90 Å². The maximum absolute atomic E-state index is 4.54. The van der Waals surface area contributed by atoms with Gasteiger partial charge in [0.1, 0.15) is 12.1 Å². The molecule has 1 saturated heterocycles. The van der Waals surface area contributed by atoms with Crippen LogP contribution in [0.4, 0.5) is 5.82 Å². The maximum atomic E-state index is 4.54. The van der Waals surface area contributed by atoms with Gasteiger partial charge in [-0.25, -0.2) is 14.6 Å². The summed E-state index contributed by atoms with van der Waals surface area (Å²) in [6, 6.07) is 10.3. The zero-order chi connectivity index (χ0) is 15.6. The third-order valence-electron chi connectivity index (χ3n) is 4.39. The number of hydrogen-bond acceptors (Lipinski definition) is 5. The number of fused-ring (bicyclic) bond motifs is 1. The molecule has 0 spiro atoms. The molecule has 6 nitrogen and oxygen atoms in total. The molecule has 3 aromatic rings. The van der Waals surface area contributed by atoms with Crippen LogP contribution in [-0.4, -0.2) is 57.9 Å². The van der Waals surface area contributed by atoms with Crippen molar-refractivity contribution in [1.29, 1.82) is 0 Å². The molecular weight excluding hydrogens is 288 g/mol.